The van der Waals surface area contributed by atoms with Gasteiger partial charge in [-0.3, -0.25) is 0 Å². The molecule has 0 radical (unpaired) electrons. The van der Waals surface area contributed by atoms with Gasteiger partial charge in [-0.1, -0.05) is 11.6 Å². The maximum absolute atomic E-state index is 9.72. The summed E-state index contributed by atoms with van der Waals surface area (Å²) in [5.74, 6) is 4.45. The van der Waals surface area contributed by atoms with Gasteiger partial charge in [-0.2, -0.15) is 10.5 Å². The normalized spacial score (nSPS) is 16.5. The molecule has 75 heavy (non-hydrogen) atoms. The van der Waals surface area contributed by atoms with Gasteiger partial charge >= 0.3 is 0 Å². The van der Waals surface area contributed by atoms with Crippen molar-refractivity contribution in [1.29, 1.82) is 10.5 Å². The van der Waals surface area contributed by atoms with E-state index in [0.29, 0.717) is 83.0 Å². The lowest BCUT2D eigenvalue weighted by atomic mass is 10.1. The molecule has 0 spiro atoms. The van der Waals surface area contributed by atoms with Crippen LogP contribution in [0.4, 0.5) is 28.8 Å². The number of pyridine rings is 2. The number of nitrogens with zero attached hydrogens (tertiary/aromatic N) is 12. The Bertz CT molecular complexity index is 2910. The highest BCUT2D eigenvalue weighted by Gasteiger charge is 2.22. The summed E-state index contributed by atoms with van der Waals surface area (Å²) >= 11 is 5.88. The fraction of sp³-hybridized carbons (Fsp3) is 0.407. The Kier molecular flexibility index (Phi) is 19.0. The van der Waals surface area contributed by atoms with Gasteiger partial charge in [-0.15, -0.1) is 0 Å². The fourth-order valence-electron chi connectivity index (χ4n) is 8.75. The number of nitriles is 2. The standard InChI is InChI=1S/C27H31N7O3.C16H14ClN3O2.C11H18N4O/c1-33-7-9-34(10-8-33)23-17-29-27(15-25(23)35-2)32-26-14-22(30-18-31-26)19-3-4-24(20(13-19)16-28)37-21-5-11-36-12-6-21;17-16-8-14(19-10-20-16)11-1-2-15(12(7-11)9-18)22-13-3-5-21-6-4-13;1-14-3-5-15(6-4-14)9-8-13-11(12)7-10(9)16-2/h3-4,13-15,17-18,21H,5-12H2,1-2H3,(H,29,30,31,32);1-2,7-8,10,13H,3-6H2;7-8H,3-6H2,1-2H3,(H2,12,13). The van der Waals surface area contributed by atoms with Crippen molar-refractivity contribution in [2.45, 2.75) is 37.9 Å². The van der Waals surface area contributed by atoms with Crippen LogP contribution in [-0.4, -0.2) is 159 Å². The first-order chi connectivity index (χ1) is 36.6. The summed E-state index contributed by atoms with van der Waals surface area (Å²) in [4.78, 5) is 34.7. The number of hydrogen-bond acceptors (Lipinski definition) is 20. The Morgan fingerprint density at radius 3 is 1.53 bits per heavy atom. The topological polar surface area (TPSA) is 231 Å². The third-order valence-corrected chi connectivity index (χ3v) is 13.3. The molecule has 0 amide bonds. The molecule has 0 aliphatic carbocycles. The molecule has 8 heterocycles. The van der Waals surface area contributed by atoms with Crippen LogP contribution in [0.2, 0.25) is 5.15 Å². The molecule has 21 heteroatoms. The van der Waals surface area contributed by atoms with E-state index in [1.165, 1.54) is 12.7 Å². The molecule has 0 saturated carbocycles. The van der Waals surface area contributed by atoms with Gasteiger partial charge in [0.15, 0.2) is 0 Å². The van der Waals surface area contributed by atoms with Crippen LogP contribution in [0.25, 0.3) is 22.5 Å². The number of nitrogen functional groups attached to an aromatic ring is 1. The van der Waals surface area contributed by atoms with Gasteiger partial charge in [0, 0.05) is 113 Å². The number of rotatable bonds is 12. The van der Waals surface area contributed by atoms with Crippen LogP contribution in [0.5, 0.6) is 23.0 Å². The smallest absolute Gasteiger partial charge is 0.147 e. The van der Waals surface area contributed by atoms with Crippen molar-refractivity contribution in [3.63, 3.8) is 0 Å². The number of aromatic nitrogens is 6. The first-order valence-corrected chi connectivity index (χ1v) is 25.3. The van der Waals surface area contributed by atoms with Gasteiger partial charge in [0.1, 0.15) is 82.6 Å². The maximum Gasteiger partial charge on any atom is 0.147 e. The molecule has 0 unspecified atom stereocenters. The van der Waals surface area contributed by atoms with E-state index in [1.54, 1.807) is 50.7 Å². The monoisotopic (exact) mass is 1040 g/mol. The van der Waals surface area contributed by atoms with Crippen molar-refractivity contribution in [3.05, 3.63) is 102 Å². The van der Waals surface area contributed by atoms with E-state index in [1.807, 2.05) is 36.5 Å². The van der Waals surface area contributed by atoms with Gasteiger partial charge in [0.25, 0.3) is 0 Å². The lowest BCUT2D eigenvalue weighted by Crippen LogP contribution is -2.44. The van der Waals surface area contributed by atoms with Gasteiger partial charge in [0.05, 0.1) is 86.9 Å². The van der Waals surface area contributed by atoms with E-state index in [0.717, 1.165) is 112 Å². The van der Waals surface area contributed by atoms with E-state index in [-0.39, 0.29) is 12.2 Å². The summed E-state index contributed by atoms with van der Waals surface area (Å²) in [6, 6.07) is 22.6. The number of methoxy groups -OCH3 is 2. The summed E-state index contributed by atoms with van der Waals surface area (Å²) in [6.07, 6.45) is 10.0. The molecule has 6 aromatic rings. The molecule has 20 nitrogen and oxygen atoms in total. The zero-order valence-electron chi connectivity index (χ0n) is 42.8. The number of anilines is 5. The summed E-state index contributed by atoms with van der Waals surface area (Å²) in [5, 5.41) is 22.7. The number of halogens is 1. The van der Waals surface area contributed by atoms with Crippen LogP contribution in [-0.2, 0) is 9.47 Å². The lowest BCUT2D eigenvalue weighted by Gasteiger charge is -2.34. The molecule has 3 N–H and O–H groups in total. The molecule has 4 aromatic heterocycles. The number of nitrogens with two attached hydrogens (primary N) is 1. The van der Waals surface area contributed by atoms with Crippen molar-refractivity contribution in [2.24, 2.45) is 0 Å². The maximum atomic E-state index is 9.72. The second-order valence-electron chi connectivity index (χ2n) is 18.2. The summed E-state index contributed by atoms with van der Waals surface area (Å²) in [5.41, 5.74) is 11.6. The molecule has 4 aliphatic rings. The third kappa shape index (κ3) is 14.8. The predicted octanol–water partition coefficient (Wildman–Crippen LogP) is 7.12. The highest BCUT2D eigenvalue weighted by atomic mass is 35.5. The van der Waals surface area contributed by atoms with E-state index in [9.17, 15) is 10.5 Å². The van der Waals surface area contributed by atoms with Crippen LogP contribution >= 0.6 is 11.6 Å². The first kappa shape index (κ1) is 53.7. The van der Waals surface area contributed by atoms with Gasteiger partial charge in [-0.25, -0.2) is 29.9 Å². The highest BCUT2D eigenvalue weighted by Crippen LogP contribution is 2.34. The molecular formula is C54H63ClN14O6. The van der Waals surface area contributed by atoms with Gasteiger partial charge in [0.2, 0.25) is 0 Å². The Hall–Kier alpha value is -7.59. The van der Waals surface area contributed by atoms with Crippen LogP contribution in [0.15, 0.2) is 85.7 Å². The van der Waals surface area contributed by atoms with E-state index >= 15 is 0 Å². The average Bonchev–Trinajstić information content (AvgIpc) is 3.45. The molecule has 392 valence electrons. The summed E-state index contributed by atoms with van der Waals surface area (Å²) in [7, 11) is 7.60. The van der Waals surface area contributed by atoms with E-state index in [4.69, 9.17) is 45.8 Å². The minimum absolute atomic E-state index is 0.0636. The highest BCUT2D eigenvalue weighted by molar-refractivity contribution is 6.29. The molecule has 4 saturated heterocycles. The molecule has 4 fully saturated rings. The fourth-order valence-corrected chi connectivity index (χ4v) is 8.90. The van der Waals surface area contributed by atoms with Crippen LogP contribution < -0.4 is 39.8 Å². The second kappa shape index (κ2) is 26.6. The molecule has 0 atom stereocenters. The van der Waals surface area contributed by atoms with Crippen molar-refractivity contribution >= 4 is 40.4 Å². The zero-order chi connectivity index (χ0) is 52.5. The zero-order valence-corrected chi connectivity index (χ0v) is 43.6. The minimum atomic E-state index is 0.0636. The lowest BCUT2D eigenvalue weighted by molar-refractivity contribution is 0.0252. The van der Waals surface area contributed by atoms with Crippen molar-refractivity contribution in [2.75, 3.05) is 128 Å². The molecule has 0 bridgehead atoms. The molecule has 4 aliphatic heterocycles. The Morgan fingerprint density at radius 2 is 1.04 bits per heavy atom. The number of likely N-dealkylation sites (N-methyl/N-ethyl adjacent to an activating group) is 2. The largest absolute Gasteiger partial charge is 0.494 e. The number of benzene rings is 2. The SMILES string of the molecule is COc1cc(N)ncc1N1CCN(C)CC1.COc1cc(Nc2cc(-c3ccc(OC4CCOCC4)c(C#N)c3)ncn2)ncc1N1CCN(C)CC1.N#Cc1cc(-c2cc(Cl)ncn2)ccc1OC1CCOCC1. The number of hydrogen-bond donors (Lipinski definition) is 2. The van der Waals surface area contributed by atoms with Crippen LogP contribution in [0.3, 0.4) is 0 Å². The van der Waals surface area contributed by atoms with Crippen molar-refractivity contribution < 1.29 is 28.4 Å². The molecule has 10 rings (SSSR count). The Morgan fingerprint density at radius 1 is 0.573 bits per heavy atom. The Labute approximate surface area is 442 Å². The third-order valence-electron chi connectivity index (χ3n) is 13.1. The minimum Gasteiger partial charge on any atom is -0.494 e. The van der Waals surface area contributed by atoms with Crippen molar-refractivity contribution in [1.82, 2.24) is 39.7 Å². The molecular weight excluding hydrogens is 976 g/mol. The molecule has 2 aromatic carbocycles. The number of piperazine rings is 2. The second-order valence-corrected chi connectivity index (χ2v) is 18.6. The van der Waals surface area contributed by atoms with Crippen LogP contribution in [0.1, 0.15) is 36.8 Å². The Balaban J connectivity index is 0.000000166. The average molecular weight is 1040 g/mol. The van der Waals surface area contributed by atoms with E-state index in [2.05, 4.69) is 81.1 Å². The van der Waals surface area contributed by atoms with E-state index < -0.39 is 0 Å². The number of ether oxygens (including phenoxy) is 6. The summed E-state index contributed by atoms with van der Waals surface area (Å²) in [6.45, 7) is 10.7. The summed E-state index contributed by atoms with van der Waals surface area (Å²) < 4.78 is 33.7. The van der Waals surface area contributed by atoms with Gasteiger partial charge in [-0.05, 0) is 50.5 Å². The van der Waals surface area contributed by atoms with Crippen LogP contribution in [0, 0.1) is 22.7 Å². The van der Waals surface area contributed by atoms with Gasteiger partial charge < -0.3 is 59.1 Å². The quantitative estimate of drug-likeness (QED) is 0.116. The predicted molar refractivity (Wildman–Crippen MR) is 287 cm³/mol. The first-order valence-electron chi connectivity index (χ1n) is 24.9. The van der Waals surface area contributed by atoms with Crippen molar-refractivity contribution in [3.8, 4) is 57.7 Å². The number of nitrogens with one attached hydrogen (secondary N) is 1.